The van der Waals surface area contributed by atoms with Crippen molar-refractivity contribution in [3.05, 3.63) is 72.2 Å². The van der Waals surface area contributed by atoms with Gasteiger partial charge in [-0.25, -0.2) is 27.2 Å². The van der Waals surface area contributed by atoms with Gasteiger partial charge in [0.1, 0.15) is 23.5 Å². The second kappa shape index (κ2) is 12.0. The van der Waals surface area contributed by atoms with E-state index in [4.69, 9.17) is 9.47 Å². The van der Waals surface area contributed by atoms with Crippen molar-refractivity contribution in [2.24, 2.45) is 0 Å². The summed E-state index contributed by atoms with van der Waals surface area (Å²) < 4.78 is 39.1. The Morgan fingerprint density at radius 2 is 1.85 bits per heavy atom. The molecule has 0 aliphatic heterocycles. The average molecular weight is 580 g/mol. The summed E-state index contributed by atoms with van der Waals surface area (Å²) in [5.74, 6) is 0.794. The van der Waals surface area contributed by atoms with Crippen LogP contribution in [0.5, 0.6) is 5.75 Å². The van der Waals surface area contributed by atoms with Crippen molar-refractivity contribution in [3.8, 4) is 5.75 Å². The van der Waals surface area contributed by atoms with E-state index in [2.05, 4.69) is 15.3 Å². The Morgan fingerprint density at radius 1 is 1.12 bits per heavy atom. The largest absolute Gasteiger partial charge is 0.496 e. The lowest BCUT2D eigenvalue weighted by Crippen LogP contribution is -2.34. The van der Waals surface area contributed by atoms with Gasteiger partial charge in [-0.05, 0) is 69.5 Å². The number of benzene rings is 2. The average Bonchev–Trinajstić information content (AvgIpc) is 3.33. The van der Waals surface area contributed by atoms with Crippen LogP contribution < -0.4 is 10.1 Å². The number of methoxy groups -OCH3 is 1. The SMILES string of the molecule is COc1ccc(Nc2ncnc3c2c(CCCN(C)C(=O)OC(C)(C)C)cn3S(=O)(=O)c2ccccc2)cc1C=O. The first-order valence-corrected chi connectivity index (χ1v) is 14.4. The third-order valence-corrected chi connectivity index (χ3v) is 7.86. The van der Waals surface area contributed by atoms with Gasteiger partial charge < -0.3 is 19.7 Å². The van der Waals surface area contributed by atoms with E-state index < -0.39 is 21.7 Å². The Hall–Kier alpha value is -4.45. The predicted octanol–water partition coefficient (Wildman–Crippen LogP) is 5.03. The van der Waals surface area contributed by atoms with Gasteiger partial charge in [0.05, 0.1) is 23.0 Å². The highest BCUT2D eigenvalue weighted by molar-refractivity contribution is 7.90. The summed E-state index contributed by atoms with van der Waals surface area (Å²) in [6, 6.07) is 13.1. The van der Waals surface area contributed by atoms with Crippen molar-refractivity contribution >= 4 is 44.9 Å². The normalized spacial score (nSPS) is 11.7. The van der Waals surface area contributed by atoms with Crippen LogP contribution in [0.15, 0.2) is 66.0 Å². The van der Waals surface area contributed by atoms with Crippen LogP contribution in [0.3, 0.4) is 0 Å². The molecule has 12 heteroatoms. The number of nitrogens with one attached hydrogen (secondary N) is 1. The Kier molecular flexibility index (Phi) is 8.62. The molecule has 4 rings (SSSR count). The van der Waals surface area contributed by atoms with Crippen molar-refractivity contribution in [1.82, 2.24) is 18.8 Å². The number of aldehydes is 1. The summed E-state index contributed by atoms with van der Waals surface area (Å²) in [4.78, 5) is 34.3. The molecule has 0 radical (unpaired) electrons. The second-order valence-electron chi connectivity index (χ2n) is 10.4. The molecular formula is C29H33N5O6S. The molecule has 2 aromatic heterocycles. The number of rotatable bonds is 10. The molecule has 0 aliphatic rings. The van der Waals surface area contributed by atoms with Gasteiger partial charge in [-0.1, -0.05) is 18.2 Å². The summed E-state index contributed by atoms with van der Waals surface area (Å²) in [7, 11) is -0.846. The lowest BCUT2D eigenvalue weighted by Gasteiger charge is -2.24. The standard InChI is InChI=1S/C29H33N5O6S/c1-29(2,3)40-28(36)33(4)15-9-10-20-17-34(41(37,38)23-11-7-6-8-12-23)27-25(20)26(30-19-31-27)32-22-13-14-24(39-5)21(16-22)18-35/h6-8,11-14,16-19H,9-10,15H2,1-5H3,(H,30,31,32). The topological polar surface area (TPSA) is 133 Å². The molecule has 0 fully saturated rings. The second-order valence-corrected chi connectivity index (χ2v) is 12.2. The summed E-state index contributed by atoms with van der Waals surface area (Å²) in [5, 5.41) is 3.71. The molecule has 0 unspecified atom stereocenters. The van der Waals surface area contributed by atoms with E-state index >= 15 is 0 Å². The molecule has 2 heterocycles. The van der Waals surface area contributed by atoms with E-state index in [0.29, 0.717) is 59.4 Å². The highest BCUT2D eigenvalue weighted by Gasteiger charge is 2.25. The molecule has 4 aromatic rings. The number of hydrogen-bond donors (Lipinski definition) is 1. The number of ether oxygens (including phenoxy) is 2. The molecular weight excluding hydrogens is 546 g/mol. The van der Waals surface area contributed by atoms with Gasteiger partial charge in [-0.3, -0.25) is 4.79 Å². The molecule has 11 nitrogen and oxygen atoms in total. The molecule has 216 valence electrons. The van der Waals surface area contributed by atoms with Gasteiger partial charge in [-0.15, -0.1) is 0 Å². The van der Waals surface area contributed by atoms with Crippen LogP contribution in [0.1, 0.15) is 43.1 Å². The third kappa shape index (κ3) is 6.65. The Bertz CT molecular complexity index is 1660. The summed E-state index contributed by atoms with van der Waals surface area (Å²) in [5.41, 5.74) is 1.16. The smallest absolute Gasteiger partial charge is 0.410 e. The van der Waals surface area contributed by atoms with E-state index in [0.717, 1.165) is 3.97 Å². The number of hydrogen-bond acceptors (Lipinski definition) is 9. The maximum absolute atomic E-state index is 13.6. The monoisotopic (exact) mass is 579 g/mol. The van der Waals surface area contributed by atoms with Crippen molar-refractivity contribution in [1.29, 1.82) is 0 Å². The maximum atomic E-state index is 13.6. The number of aryl methyl sites for hydroxylation is 1. The first-order chi connectivity index (χ1) is 19.4. The minimum atomic E-state index is -3.98. The summed E-state index contributed by atoms with van der Waals surface area (Å²) in [6.45, 7) is 5.78. The molecule has 0 bridgehead atoms. The van der Waals surface area contributed by atoms with E-state index in [9.17, 15) is 18.0 Å². The first kappa shape index (κ1) is 29.5. The van der Waals surface area contributed by atoms with Crippen LogP contribution in [-0.2, 0) is 21.2 Å². The predicted molar refractivity (Wildman–Crippen MR) is 155 cm³/mol. The number of aromatic nitrogens is 3. The van der Waals surface area contributed by atoms with Crippen molar-refractivity contribution in [2.75, 3.05) is 26.0 Å². The molecule has 1 amide bonds. The summed E-state index contributed by atoms with van der Waals surface area (Å²) in [6.07, 6.45) is 4.02. The van der Waals surface area contributed by atoms with Gasteiger partial charge in [0.25, 0.3) is 10.0 Å². The number of fused-ring (bicyclic) bond motifs is 1. The van der Waals surface area contributed by atoms with Crippen LogP contribution in [0, 0.1) is 0 Å². The number of carbonyl (C=O) groups excluding carboxylic acids is 2. The number of carbonyl (C=O) groups is 2. The quantitative estimate of drug-likeness (QED) is 0.257. The van der Waals surface area contributed by atoms with Gasteiger partial charge in [0, 0.05) is 25.5 Å². The van der Waals surface area contributed by atoms with Gasteiger partial charge in [0.15, 0.2) is 11.9 Å². The fraction of sp³-hybridized carbons (Fsp3) is 0.310. The van der Waals surface area contributed by atoms with Crippen molar-refractivity contribution < 1.29 is 27.5 Å². The zero-order chi connectivity index (χ0) is 29.8. The fourth-order valence-electron chi connectivity index (χ4n) is 4.26. The Labute approximate surface area is 239 Å². The Morgan fingerprint density at radius 3 is 2.51 bits per heavy atom. The zero-order valence-corrected chi connectivity index (χ0v) is 24.4. The van der Waals surface area contributed by atoms with E-state index in [-0.39, 0.29) is 10.5 Å². The van der Waals surface area contributed by atoms with Crippen LogP contribution in [0.4, 0.5) is 16.3 Å². The molecule has 2 aromatic carbocycles. The first-order valence-electron chi connectivity index (χ1n) is 12.9. The lowest BCUT2D eigenvalue weighted by molar-refractivity contribution is 0.0297. The number of amides is 1. The number of nitrogens with zero attached hydrogens (tertiary/aromatic N) is 4. The lowest BCUT2D eigenvalue weighted by atomic mass is 10.1. The van der Waals surface area contributed by atoms with E-state index in [1.807, 2.05) is 0 Å². The van der Waals surface area contributed by atoms with Gasteiger partial charge in [0.2, 0.25) is 0 Å². The van der Waals surface area contributed by atoms with E-state index in [1.54, 1.807) is 70.4 Å². The number of anilines is 2. The third-order valence-electron chi connectivity index (χ3n) is 6.19. The molecule has 0 spiro atoms. The molecule has 1 N–H and O–H groups in total. The molecule has 0 saturated carbocycles. The Balaban J connectivity index is 1.73. The van der Waals surface area contributed by atoms with Gasteiger partial charge in [-0.2, -0.15) is 0 Å². The molecule has 0 atom stereocenters. The zero-order valence-electron chi connectivity index (χ0n) is 23.6. The van der Waals surface area contributed by atoms with Gasteiger partial charge >= 0.3 is 6.09 Å². The molecule has 0 saturated heterocycles. The maximum Gasteiger partial charge on any atom is 0.410 e. The van der Waals surface area contributed by atoms with Crippen LogP contribution in [0.2, 0.25) is 0 Å². The molecule has 41 heavy (non-hydrogen) atoms. The van der Waals surface area contributed by atoms with Crippen molar-refractivity contribution in [3.63, 3.8) is 0 Å². The minimum Gasteiger partial charge on any atom is -0.496 e. The fourth-order valence-corrected chi connectivity index (χ4v) is 5.62. The van der Waals surface area contributed by atoms with Crippen LogP contribution >= 0.6 is 0 Å². The highest BCUT2D eigenvalue weighted by atomic mass is 32.2. The van der Waals surface area contributed by atoms with E-state index in [1.165, 1.54) is 30.5 Å². The van der Waals surface area contributed by atoms with Crippen LogP contribution in [-0.4, -0.2) is 65.9 Å². The van der Waals surface area contributed by atoms with Crippen molar-refractivity contribution in [2.45, 2.75) is 44.1 Å². The summed E-state index contributed by atoms with van der Waals surface area (Å²) >= 11 is 0. The van der Waals surface area contributed by atoms with Crippen LogP contribution in [0.25, 0.3) is 11.0 Å². The molecule has 0 aliphatic carbocycles. The minimum absolute atomic E-state index is 0.118. The highest BCUT2D eigenvalue weighted by Crippen LogP contribution is 2.32.